The molecule has 0 saturated heterocycles. The Balaban J connectivity index is 2.32. The number of nitrogens with zero attached hydrogens (tertiary/aromatic N) is 1. The van der Waals surface area contributed by atoms with Gasteiger partial charge in [0.1, 0.15) is 5.75 Å². The lowest BCUT2D eigenvalue weighted by Gasteiger charge is -2.08. The second-order valence-corrected chi connectivity index (χ2v) is 5.97. The zero-order valence-corrected chi connectivity index (χ0v) is 11.7. The molecule has 0 saturated carbocycles. The maximum absolute atomic E-state index is 11.9. The van der Waals surface area contributed by atoms with Crippen LogP contribution in [-0.4, -0.2) is 25.5 Å². The number of H-pyrrole nitrogens is 1. The van der Waals surface area contributed by atoms with Crippen molar-refractivity contribution in [2.45, 2.75) is 5.03 Å². The lowest BCUT2D eigenvalue weighted by atomic mass is 10.3. The van der Waals surface area contributed by atoms with E-state index in [1.54, 1.807) is 18.2 Å². The van der Waals surface area contributed by atoms with Crippen LogP contribution in [0.1, 0.15) is 0 Å². The first-order valence-electron chi connectivity index (χ1n) is 4.87. The van der Waals surface area contributed by atoms with Gasteiger partial charge in [-0.1, -0.05) is 15.9 Å². The first-order valence-corrected chi connectivity index (χ1v) is 7.14. The summed E-state index contributed by atoms with van der Waals surface area (Å²) in [6.07, 6.45) is 2.54. The Labute approximate surface area is 113 Å². The van der Waals surface area contributed by atoms with E-state index in [1.165, 1.54) is 19.6 Å². The van der Waals surface area contributed by atoms with Gasteiger partial charge in [0.05, 0.1) is 25.3 Å². The number of ether oxygens (including phenoxy) is 1. The van der Waals surface area contributed by atoms with E-state index < -0.39 is 10.0 Å². The second-order valence-electron chi connectivity index (χ2n) is 3.40. The van der Waals surface area contributed by atoms with Gasteiger partial charge in [-0.3, -0.25) is 4.72 Å². The first kappa shape index (κ1) is 12.9. The molecule has 18 heavy (non-hydrogen) atoms. The Bertz CT molecular complexity index is 640. The summed E-state index contributed by atoms with van der Waals surface area (Å²) in [6.45, 7) is 0. The minimum atomic E-state index is -3.66. The Hall–Kier alpha value is -1.54. The largest absolute Gasteiger partial charge is 0.497 e. The van der Waals surface area contributed by atoms with Crippen molar-refractivity contribution < 1.29 is 13.2 Å². The smallest absolute Gasteiger partial charge is 0.278 e. The molecule has 1 aromatic heterocycles. The maximum atomic E-state index is 11.9. The molecule has 0 spiro atoms. The second kappa shape index (κ2) is 4.99. The summed E-state index contributed by atoms with van der Waals surface area (Å²) >= 11 is 3.28. The van der Waals surface area contributed by atoms with E-state index in [9.17, 15) is 8.42 Å². The van der Waals surface area contributed by atoms with Gasteiger partial charge >= 0.3 is 0 Å². The van der Waals surface area contributed by atoms with Crippen LogP contribution >= 0.6 is 15.9 Å². The molecule has 2 N–H and O–H groups in total. The number of nitrogens with one attached hydrogen (secondary N) is 2. The van der Waals surface area contributed by atoms with Crippen molar-refractivity contribution in [2.75, 3.05) is 11.8 Å². The number of aromatic amines is 1. The summed E-state index contributed by atoms with van der Waals surface area (Å²) in [7, 11) is -2.15. The highest BCUT2D eigenvalue weighted by Crippen LogP contribution is 2.25. The number of imidazole rings is 1. The van der Waals surface area contributed by atoms with E-state index in [-0.39, 0.29) is 5.03 Å². The van der Waals surface area contributed by atoms with Crippen LogP contribution in [0, 0.1) is 0 Å². The van der Waals surface area contributed by atoms with E-state index >= 15 is 0 Å². The number of aromatic nitrogens is 2. The molecule has 96 valence electrons. The average Bonchev–Trinajstić information content (AvgIpc) is 2.81. The molecular formula is C10H10BrN3O3S. The quantitative estimate of drug-likeness (QED) is 0.897. The summed E-state index contributed by atoms with van der Waals surface area (Å²) in [5.41, 5.74) is 0.399. The predicted molar refractivity (Wildman–Crippen MR) is 70.1 cm³/mol. The predicted octanol–water partition coefficient (Wildman–Crippen LogP) is 1.98. The van der Waals surface area contributed by atoms with Crippen molar-refractivity contribution in [3.63, 3.8) is 0 Å². The fraction of sp³-hybridized carbons (Fsp3) is 0.100. The number of benzene rings is 1. The number of hydrogen-bond acceptors (Lipinski definition) is 4. The lowest BCUT2D eigenvalue weighted by Crippen LogP contribution is -2.13. The number of methoxy groups -OCH3 is 1. The molecular weight excluding hydrogens is 322 g/mol. The van der Waals surface area contributed by atoms with Gasteiger partial charge in [-0.05, 0) is 12.1 Å². The van der Waals surface area contributed by atoms with Gasteiger partial charge < -0.3 is 9.72 Å². The van der Waals surface area contributed by atoms with Crippen LogP contribution in [0.4, 0.5) is 5.69 Å². The maximum Gasteiger partial charge on any atom is 0.278 e. The van der Waals surface area contributed by atoms with Crippen LogP contribution in [0.2, 0.25) is 0 Å². The summed E-state index contributed by atoms with van der Waals surface area (Å²) in [6, 6.07) is 4.95. The molecule has 0 bridgehead atoms. The Morgan fingerprint density at radius 2 is 2.17 bits per heavy atom. The highest BCUT2D eigenvalue weighted by atomic mass is 79.9. The van der Waals surface area contributed by atoms with E-state index in [4.69, 9.17) is 4.74 Å². The molecule has 0 fully saturated rings. The lowest BCUT2D eigenvalue weighted by molar-refractivity contribution is 0.415. The van der Waals surface area contributed by atoms with E-state index in [0.29, 0.717) is 15.9 Å². The molecule has 0 aliphatic heterocycles. The standard InChI is InChI=1S/C10H10BrN3O3S/c1-17-9-3-7(11)2-8(4-9)14-18(15,16)10-5-12-6-13-10/h2-6,14H,1H3,(H,12,13). The van der Waals surface area contributed by atoms with Crippen molar-refractivity contribution in [3.05, 3.63) is 35.2 Å². The van der Waals surface area contributed by atoms with Crippen LogP contribution in [0.3, 0.4) is 0 Å². The minimum absolute atomic E-state index is 0.00134. The van der Waals surface area contributed by atoms with Gasteiger partial charge in [-0.15, -0.1) is 0 Å². The van der Waals surface area contributed by atoms with Gasteiger partial charge in [-0.25, -0.2) is 4.98 Å². The highest BCUT2D eigenvalue weighted by Gasteiger charge is 2.16. The Morgan fingerprint density at radius 3 is 2.78 bits per heavy atom. The fourth-order valence-corrected chi connectivity index (χ4v) is 2.76. The zero-order chi connectivity index (χ0) is 13.2. The SMILES string of the molecule is COc1cc(Br)cc(NS(=O)(=O)c2cnc[nH]2)c1. The molecule has 0 unspecified atom stereocenters. The summed E-state index contributed by atoms with van der Waals surface area (Å²) in [5, 5.41) is 0.00134. The van der Waals surface area contributed by atoms with Gasteiger partial charge in [0, 0.05) is 10.5 Å². The monoisotopic (exact) mass is 331 g/mol. The Kier molecular flexibility index (Phi) is 3.58. The van der Waals surface area contributed by atoms with Crippen LogP contribution in [0.5, 0.6) is 5.75 Å². The molecule has 0 atom stereocenters. The third kappa shape index (κ3) is 2.82. The molecule has 0 aliphatic rings. The third-order valence-corrected chi connectivity index (χ3v) is 3.89. The number of sulfonamides is 1. The van der Waals surface area contributed by atoms with Crippen molar-refractivity contribution in [1.82, 2.24) is 9.97 Å². The minimum Gasteiger partial charge on any atom is -0.497 e. The zero-order valence-electron chi connectivity index (χ0n) is 9.34. The topological polar surface area (TPSA) is 84.1 Å². The van der Waals surface area contributed by atoms with Gasteiger partial charge in [0.25, 0.3) is 10.0 Å². The molecule has 0 amide bonds. The van der Waals surface area contributed by atoms with Gasteiger partial charge in [0.2, 0.25) is 0 Å². The molecule has 2 rings (SSSR count). The van der Waals surface area contributed by atoms with Crippen LogP contribution in [0.25, 0.3) is 0 Å². The normalized spacial score (nSPS) is 11.2. The molecule has 0 aliphatic carbocycles. The number of anilines is 1. The third-order valence-electron chi connectivity index (χ3n) is 2.12. The Morgan fingerprint density at radius 1 is 1.39 bits per heavy atom. The highest BCUT2D eigenvalue weighted by molar-refractivity contribution is 9.10. The average molecular weight is 332 g/mol. The molecule has 8 heteroatoms. The summed E-state index contributed by atoms with van der Waals surface area (Å²) in [5.74, 6) is 0.548. The van der Waals surface area contributed by atoms with Crippen molar-refractivity contribution in [1.29, 1.82) is 0 Å². The van der Waals surface area contributed by atoms with Crippen molar-refractivity contribution in [3.8, 4) is 5.75 Å². The first-order chi connectivity index (χ1) is 8.51. The molecule has 2 aromatic rings. The fourth-order valence-electron chi connectivity index (χ4n) is 1.34. The van der Waals surface area contributed by atoms with Crippen molar-refractivity contribution in [2.24, 2.45) is 0 Å². The number of halogens is 1. The van der Waals surface area contributed by atoms with E-state index in [0.717, 1.165) is 0 Å². The van der Waals surface area contributed by atoms with Crippen LogP contribution in [0.15, 0.2) is 40.2 Å². The molecule has 1 aromatic carbocycles. The molecule has 6 nitrogen and oxygen atoms in total. The molecule has 0 radical (unpaired) electrons. The van der Waals surface area contributed by atoms with Crippen LogP contribution in [-0.2, 0) is 10.0 Å². The summed E-state index contributed by atoms with van der Waals surface area (Å²) < 4.78 is 32.1. The number of rotatable bonds is 4. The summed E-state index contributed by atoms with van der Waals surface area (Å²) in [4.78, 5) is 6.21. The van der Waals surface area contributed by atoms with E-state index in [1.807, 2.05) is 0 Å². The number of hydrogen-bond donors (Lipinski definition) is 2. The van der Waals surface area contributed by atoms with Gasteiger partial charge in [-0.2, -0.15) is 8.42 Å². The van der Waals surface area contributed by atoms with Gasteiger partial charge in [0.15, 0.2) is 5.03 Å². The molecule has 1 heterocycles. The van der Waals surface area contributed by atoms with Crippen LogP contribution < -0.4 is 9.46 Å². The van der Waals surface area contributed by atoms with E-state index in [2.05, 4.69) is 30.6 Å². The van der Waals surface area contributed by atoms with Crippen molar-refractivity contribution >= 4 is 31.6 Å².